The summed E-state index contributed by atoms with van der Waals surface area (Å²) in [6.07, 6.45) is 3.88. The van der Waals surface area contributed by atoms with Gasteiger partial charge in [-0.25, -0.2) is 0 Å². The molecule has 3 aromatic rings. The van der Waals surface area contributed by atoms with Gasteiger partial charge in [-0.1, -0.05) is 92.1 Å². The van der Waals surface area contributed by atoms with E-state index in [1.54, 1.807) is 6.20 Å². The Morgan fingerprint density at radius 2 is 1.56 bits per heavy atom. The Hall–Kier alpha value is -2.22. The van der Waals surface area contributed by atoms with E-state index in [0.717, 1.165) is 21.7 Å². The summed E-state index contributed by atoms with van der Waals surface area (Å²) >= 11 is 0. The normalized spacial score (nSPS) is 14.2. The lowest BCUT2D eigenvalue weighted by Crippen LogP contribution is -2.30. The second-order valence-electron chi connectivity index (χ2n) is 7.85. The Balaban J connectivity index is 2.31. The first-order valence-corrected chi connectivity index (χ1v) is 14.5. The van der Waals surface area contributed by atoms with Crippen molar-refractivity contribution in [1.82, 2.24) is 4.98 Å². The van der Waals surface area contributed by atoms with Crippen LogP contribution < -0.4 is 16.0 Å². The zero-order chi connectivity index (χ0) is 19.5. The summed E-state index contributed by atoms with van der Waals surface area (Å²) < 4.78 is 14.7. The first-order chi connectivity index (χ1) is 12.8. The SMILES string of the molecule is Cc1cccnc1P(=O)(c1ccccc1)c1ccccc1C=C[Si](C)(C)C. The van der Waals surface area contributed by atoms with Crippen LogP contribution in [0.15, 0.2) is 78.6 Å². The maximum absolute atomic E-state index is 14.7. The van der Waals surface area contributed by atoms with Crippen LogP contribution in [0.2, 0.25) is 19.6 Å². The van der Waals surface area contributed by atoms with Crippen LogP contribution >= 0.6 is 7.14 Å². The molecule has 0 bridgehead atoms. The molecule has 0 aliphatic heterocycles. The third kappa shape index (κ3) is 4.21. The maximum atomic E-state index is 14.7. The fraction of sp³-hybridized carbons (Fsp3) is 0.174. The molecule has 1 heterocycles. The molecule has 0 aliphatic rings. The number of hydrogen-bond donors (Lipinski definition) is 0. The lowest BCUT2D eigenvalue weighted by molar-refractivity contribution is 0.592. The number of nitrogens with zero attached hydrogens (tertiary/aromatic N) is 1. The molecule has 2 aromatic carbocycles. The fourth-order valence-corrected chi connectivity index (χ4v) is 6.71. The van der Waals surface area contributed by atoms with Gasteiger partial charge >= 0.3 is 0 Å². The molecular weight excluding hydrogens is 365 g/mol. The van der Waals surface area contributed by atoms with Crippen LogP contribution in [0.4, 0.5) is 0 Å². The molecular formula is C23H26NOPSi. The number of rotatable bonds is 5. The minimum Gasteiger partial charge on any atom is -0.307 e. The largest absolute Gasteiger partial charge is 0.307 e. The highest BCUT2D eigenvalue weighted by Crippen LogP contribution is 2.43. The van der Waals surface area contributed by atoms with Gasteiger partial charge in [0.1, 0.15) is 5.44 Å². The van der Waals surface area contributed by atoms with E-state index in [0.29, 0.717) is 5.44 Å². The first kappa shape index (κ1) is 19.5. The van der Waals surface area contributed by atoms with Crippen molar-refractivity contribution in [2.24, 2.45) is 0 Å². The van der Waals surface area contributed by atoms with E-state index in [1.165, 1.54) is 0 Å². The molecule has 3 rings (SSSR count). The second kappa shape index (κ2) is 7.80. The van der Waals surface area contributed by atoms with Crippen molar-refractivity contribution in [3.05, 3.63) is 89.8 Å². The molecule has 0 saturated heterocycles. The van der Waals surface area contributed by atoms with Gasteiger partial charge in [0.15, 0.2) is 7.14 Å². The molecule has 0 N–H and O–H groups in total. The third-order valence-corrected chi connectivity index (χ3v) is 8.78. The molecule has 0 aliphatic carbocycles. The summed E-state index contributed by atoms with van der Waals surface area (Å²) in [6, 6.07) is 21.7. The molecule has 138 valence electrons. The average molecular weight is 392 g/mol. The average Bonchev–Trinajstić information content (AvgIpc) is 2.66. The van der Waals surface area contributed by atoms with Gasteiger partial charge in [-0.3, -0.25) is 4.98 Å². The Morgan fingerprint density at radius 1 is 0.889 bits per heavy atom. The summed E-state index contributed by atoms with van der Waals surface area (Å²) in [5.74, 6) is 0. The molecule has 0 fully saturated rings. The van der Waals surface area contributed by atoms with Crippen LogP contribution in [0, 0.1) is 6.92 Å². The topological polar surface area (TPSA) is 30.0 Å². The Labute approximate surface area is 163 Å². The molecule has 0 radical (unpaired) electrons. The molecule has 2 nitrogen and oxygen atoms in total. The predicted octanol–water partition coefficient (Wildman–Crippen LogP) is 4.92. The van der Waals surface area contributed by atoms with E-state index < -0.39 is 15.2 Å². The first-order valence-electron chi connectivity index (χ1n) is 9.19. The monoisotopic (exact) mass is 391 g/mol. The van der Waals surface area contributed by atoms with Gasteiger partial charge < -0.3 is 4.57 Å². The number of benzene rings is 2. The summed E-state index contributed by atoms with van der Waals surface area (Å²) in [5, 5.41) is 1.67. The summed E-state index contributed by atoms with van der Waals surface area (Å²) in [6.45, 7) is 8.88. The van der Waals surface area contributed by atoms with Gasteiger partial charge in [0, 0.05) is 16.8 Å². The van der Waals surface area contributed by atoms with Crippen LogP contribution in [-0.4, -0.2) is 13.1 Å². The summed E-state index contributed by atoms with van der Waals surface area (Å²) in [4.78, 5) is 4.57. The summed E-state index contributed by atoms with van der Waals surface area (Å²) in [5.41, 5.74) is 4.93. The minimum atomic E-state index is -3.08. The van der Waals surface area contributed by atoms with Crippen molar-refractivity contribution in [1.29, 1.82) is 0 Å². The highest BCUT2D eigenvalue weighted by Gasteiger charge is 2.34. The van der Waals surface area contributed by atoms with Crippen LogP contribution in [0.1, 0.15) is 11.1 Å². The fourth-order valence-electron chi connectivity index (χ4n) is 3.08. The standard InChI is InChI=1S/C23H26NOPSi/c1-19-11-10-17-24-23(19)26(25,21-13-6-5-7-14-21)22-15-9-8-12-20(22)16-18-27(2,3)4/h5-18H,1-4H3. The Kier molecular flexibility index (Phi) is 5.64. The van der Waals surface area contributed by atoms with Crippen molar-refractivity contribution in [3.8, 4) is 0 Å². The zero-order valence-corrected chi connectivity index (χ0v) is 18.3. The van der Waals surface area contributed by atoms with Gasteiger partial charge in [-0.15, -0.1) is 0 Å². The zero-order valence-electron chi connectivity index (χ0n) is 16.4. The molecule has 0 saturated carbocycles. The molecule has 1 atom stereocenters. The molecule has 0 spiro atoms. The third-order valence-electron chi connectivity index (χ3n) is 4.44. The number of aryl methyl sites for hydroxylation is 1. The van der Waals surface area contributed by atoms with Crippen LogP contribution in [0.25, 0.3) is 6.08 Å². The highest BCUT2D eigenvalue weighted by molar-refractivity contribution is 7.85. The van der Waals surface area contributed by atoms with E-state index in [2.05, 4.69) is 42.5 Å². The maximum Gasteiger partial charge on any atom is 0.189 e. The van der Waals surface area contributed by atoms with Gasteiger partial charge in [0.05, 0.1) is 8.07 Å². The molecule has 27 heavy (non-hydrogen) atoms. The smallest absolute Gasteiger partial charge is 0.189 e. The van der Waals surface area contributed by atoms with Crippen LogP contribution in [0.5, 0.6) is 0 Å². The van der Waals surface area contributed by atoms with Crippen LogP contribution in [-0.2, 0) is 4.57 Å². The second-order valence-corrected chi connectivity index (χ2v) is 15.6. The van der Waals surface area contributed by atoms with E-state index in [9.17, 15) is 4.57 Å². The lowest BCUT2D eigenvalue weighted by atomic mass is 10.2. The van der Waals surface area contributed by atoms with Gasteiger partial charge in [-0.2, -0.15) is 0 Å². The molecule has 4 heteroatoms. The number of aromatic nitrogens is 1. The minimum absolute atomic E-state index is 0.671. The van der Waals surface area contributed by atoms with E-state index >= 15 is 0 Å². The molecule has 1 aromatic heterocycles. The number of hydrogen-bond acceptors (Lipinski definition) is 2. The Morgan fingerprint density at radius 3 is 2.22 bits per heavy atom. The van der Waals surface area contributed by atoms with E-state index in [1.807, 2.05) is 67.6 Å². The van der Waals surface area contributed by atoms with E-state index in [-0.39, 0.29) is 0 Å². The van der Waals surface area contributed by atoms with Gasteiger partial charge in [0.25, 0.3) is 0 Å². The lowest BCUT2D eigenvalue weighted by Gasteiger charge is -2.22. The van der Waals surface area contributed by atoms with Crippen molar-refractivity contribution < 1.29 is 4.57 Å². The predicted molar refractivity (Wildman–Crippen MR) is 121 cm³/mol. The van der Waals surface area contributed by atoms with Crippen molar-refractivity contribution in [2.75, 3.05) is 0 Å². The summed E-state index contributed by atoms with van der Waals surface area (Å²) in [7, 11) is -4.46. The molecule has 1 unspecified atom stereocenters. The Bertz CT molecular complexity index is 1010. The van der Waals surface area contributed by atoms with E-state index in [4.69, 9.17) is 0 Å². The van der Waals surface area contributed by atoms with Crippen molar-refractivity contribution in [3.63, 3.8) is 0 Å². The van der Waals surface area contributed by atoms with Crippen LogP contribution in [0.3, 0.4) is 0 Å². The highest BCUT2D eigenvalue weighted by atomic mass is 31.2. The quantitative estimate of drug-likeness (QED) is 0.456. The molecule has 0 amide bonds. The van der Waals surface area contributed by atoms with Crippen molar-refractivity contribution in [2.45, 2.75) is 26.6 Å². The van der Waals surface area contributed by atoms with Gasteiger partial charge in [-0.05, 0) is 24.1 Å². The van der Waals surface area contributed by atoms with Gasteiger partial charge in [0.2, 0.25) is 0 Å². The number of pyridine rings is 1. The van der Waals surface area contributed by atoms with Crippen molar-refractivity contribution >= 4 is 37.3 Å².